The van der Waals surface area contributed by atoms with E-state index >= 15 is 0 Å². The van der Waals surface area contributed by atoms with E-state index in [1.807, 2.05) is 34.5 Å². The van der Waals surface area contributed by atoms with Crippen molar-refractivity contribution < 1.29 is 9.59 Å². The van der Waals surface area contributed by atoms with Gasteiger partial charge in [-0.1, -0.05) is 12.1 Å². The molecule has 4 rings (SSSR count). The summed E-state index contributed by atoms with van der Waals surface area (Å²) in [6, 6.07) is 9.54. The van der Waals surface area contributed by atoms with Gasteiger partial charge in [0, 0.05) is 17.5 Å². The van der Waals surface area contributed by atoms with Crippen molar-refractivity contribution >= 4 is 34.2 Å². The fourth-order valence-corrected chi connectivity index (χ4v) is 3.87. The number of hydrogen-bond acceptors (Lipinski definition) is 4. The van der Waals surface area contributed by atoms with Gasteiger partial charge in [-0.05, 0) is 36.4 Å². The molecule has 3 heterocycles. The first-order valence-electron chi connectivity index (χ1n) is 8.27. The number of amides is 2. The van der Waals surface area contributed by atoms with Crippen LogP contribution in [-0.2, 0) is 4.79 Å². The number of nitrogens with zero attached hydrogens (tertiary/aromatic N) is 2. The Morgan fingerprint density at radius 2 is 2.20 bits per heavy atom. The molecule has 1 atom stereocenters. The van der Waals surface area contributed by atoms with Crippen LogP contribution < -0.4 is 5.32 Å². The smallest absolute Gasteiger partial charge is 0.252 e. The second-order valence-corrected chi connectivity index (χ2v) is 6.86. The number of aromatic amines is 1. The molecule has 1 aliphatic heterocycles. The van der Waals surface area contributed by atoms with Crippen LogP contribution in [-0.4, -0.2) is 39.8 Å². The Hall–Kier alpha value is -2.67. The maximum absolute atomic E-state index is 12.6. The summed E-state index contributed by atoms with van der Waals surface area (Å²) in [5.74, 6) is 0.525. The number of rotatable bonds is 4. The van der Waals surface area contributed by atoms with E-state index in [-0.39, 0.29) is 24.4 Å². The average molecular weight is 354 g/mol. The van der Waals surface area contributed by atoms with Crippen LogP contribution in [0, 0.1) is 0 Å². The minimum absolute atomic E-state index is 0.00537. The summed E-state index contributed by atoms with van der Waals surface area (Å²) >= 11 is 1.46. The van der Waals surface area contributed by atoms with E-state index in [2.05, 4.69) is 15.3 Å². The average Bonchev–Trinajstić information content (AvgIpc) is 3.38. The van der Waals surface area contributed by atoms with E-state index < -0.39 is 0 Å². The third-order valence-electron chi connectivity index (χ3n) is 4.48. The monoisotopic (exact) mass is 354 g/mol. The first kappa shape index (κ1) is 15.8. The van der Waals surface area contributed by atoms with Gasteiger partial charge in [0.25, 0.3) is 5.91 Å². The number of imidazole rings is 1. The molecule has 1 aliphatic rings. The Labute approximate surface area is 148 Å². The Balaban J connectivity index is 1.45. The molecule has 7 heteroatoms. The molecule has 3 aromatic rings. The minimum Gasteiger partial charge on any atom is -0.343 e. The van der Waals surface area contributed by atoms with Crippen molar-refractivity contribution in [2.24, 2.45) is 0 Å². The molecule has 128 valence electrons. The van der Waals surface area contributed by atoms with Gasteiger partial charge in [-0.2, -0.15) is 11.3 Å². The number of hydrogen-bond donors (Lipinski definition) is 2. The predicted octanol–water partition coefficient (Wildman–Crippen LogP) is 2.72. The van der Waals surface area contributed by atoms with E-state index in [0.717, 1.165) is 29.7 Å². The van der Waals surface area contributed by atoms with E-state index in [0.29, 0.717) is 12.1 Å². The molecule has 1 fully saturated rings. The van der Waals surface area contributed by atoms with Gasteiger partial charge in [0.2, 0.25) is 5.91 Å². The molecule has 0 bridgehead atoms. The van der Waals surface area contributed by atoms with Gasteiger partial charge in [-0.15, -0.1) is 0 Å². The fourth-order valence-electron chi connectivity index (χ4n) is 3.23. The number of likely N-dealkylation sites (tertiary alicyclic amines) is 1. The zero-order valence-electron chi connectivity index (χ0n) is 13.6. The van der Waals surface area contributed by atoms with Crippen molar-refractivity contribution in [3.05, 3.63) is 52.5 Å². The molecular weight excluding hydrogens is 336 g/mol. The third kappa shape index (κ3) is 3.15. The first-order valence-corrected chi connectivity index (χ1v) is 9.21. The Morgan fingerprint density at radius 3 is 3.00 bits per heavy atom. The summed E-state index contributed by atoms with van der Waals surface area (Å²) < 4.78 is 0. The SMILES string of the molecule is O=C(NCC(=O)N1CCCC1c1nc2ccccc2[nH]1)c1ccsc1. The highest BCUT2D eigenvalue weighted by molar-refractivity contribution is 7.08. The maximum atomic E-state index is 12.6. The van der Waals surface area contributed by atoms with Gasteiger partial charge < -0.3 is 15.2 Å². The molecule has 0 spiro atoms. The topological polar surface area (TPSA) is 78.1 Å². The van der Waals surface area contributed by atoms with Crippen molar-refractivity contribution in [2.45, 2.75) is 18.9 Å². The third-order valence-corrected chi connectivity index (χ3v) is 5.16. The zero-order valence-corrected chi connectivity index (χ0v) is 14.4. The van der Waals surface area contributed by atoms with Crippen LogP contribution in [0.2, 0.25) is 0 Å². The minimum atomic E-state index is -0.214. The molecule has 0 radical (unpaired) electrons. The van der Waals surface area contributed by atoms with Gasteiger partial charge in [0.05, 0.1) is 23.6 Å². The molecule has 2 amide bonds. The molecule has 0 aliphatic carbocycles. The van der Waals surface area contributed by atoms with Crippen molar-refractivity contribution in [3.8, 4) is 0 Å². The Bertz CT molecular complexity index is 870. The summed E-state index contributed by atoms with van der Waals surface area (Å²) in [5, 5.41) is 6.32. The van der Waals surface area contributed by atoms with Crippen molar-refractivity contribution in [3.63, 3.8) is 0 Å². The van der Waals surface area contributed by atoms with Crippen molar-refractivity contribution in [1.82, 2.24) is 20.2 Å². The molecule has 0 saturated carbocycles. The number of carbonyl (C=O) groups excluding carboxylic acids is 2. The number of thiophene rings is 1. The molecule has 2 aromatic heterocycles. The molecule has 2 N–H and O–H groups in total. The normalized spacial score (nSPS) is 17.1. The van der Waals surface area contributed by atoms with E-state index in [4.69, 9.17) is 0 Å². The number of aromatic nitrogens is 2. The molecule has 6 nitrogen and oxygen atoms in total. The van der Waals surface area contributed by atoms with Gasteiger partial charge >= 0.3 is 0 Å². The number of carbonyl (C=O) groups is 2. The highest BCUT2D eigenvalue weighted by Gasteiger charge is 2.32. The summed E-state index contributed by atoms with van der Waals surface area (Å²) in [6.45, 7) is 0.695. The van der Waals surface area contributed by atoms with Crippen LogP contribution in [0.5, 0.6) is 0 Å². The van der Waals surface area contributed by atoms with Crippen molar-refractivity contribution in [1.29, 1.82) is 0 Å². The summed E-state index contributed by atoms with van der Waals surface area (Å²) in [4.78, 5) is 34.3. The molecular formula is C18H18N4O2S. The number of nitrogens with one attached hydrogen (secondary N) is 2. The first-order chi connectivity index (χ1) is 12.2. The van der Waals surface area contributed by atoms with Crippen LogP contribution in [0.3, 0.4) is 0 Å². The second kappa shape index (κ2) is 6.68. The van der Waals surface area contributed by atoms with Crippen molar-refractivity contribution in [2.75, 3.05) is 13.1 Å². The van der Waals surface area contributed by atoms with E-state index in [1.165, 1.54) is 11.3 Å². The highest BCUT2D eigenvalue weighted by atomic mass is 32.1. The van der Waals surface area contributed by atoms with Crippen LogP contribution in [0.15, 0.2) is 41.1 Å². The largest absolute Gasteiger partial charge is 0.343 e. The van der Waals surface area contributed by atoms with Crippen LogP contribution >= 0.6 is 11.3 Å². The van der Waals surface area contributed by atoms with Gasteiger partial charge in [0.1, 0.15) is 5.82 Å². The van der Waals surface area contributed by atoms with Crippen LogP contribution in [0.1, 0.15) is 35.1 Å². The molecule has 1 saturated heterocycles. The molecule has 1 unspecified atom stereocenters. The summed E-state index contributed by atoms with van der Waals surface area (Å²) in [5.41, 5.74) is 2.47. The fraction of sp³-hybridized carbons (Fsp3) is 0.278. The zero-order chi connectivity index (χ0) is 17.2. The van der Waals surface area contributed by atoms with Crippen LogP contribution in [0.25, 0.3) is 11.0 Å². The summed E-state index contributed by atoms with van der Waals surface area (Å²) in [7, 11) is 0. The van der Waals surface area contributed by atoms with Gasteiger partial charge in [-0.25, -0.2) is 4.98 Å². The summed E-state index contributed by atoms with van der Waals surface area (Å²) in [6.07, 6.45) is 1.82. The quantitative estimate of drug-likeness (QED) is 0.756. The molecule has 1 aromatic carbocycles. The standard InChI is InChI=1S/C18H18N4O2S/c23-16(10-19-18(24)12-7-9-25-11-12)22-8-3-6-15(22)17-20-13-4-1-2-5-14(13)21-17/h1-2,4-5,7,9,11,15H,3,6,8,10H2,(H,19,24)(H,20,21). The molecule has 25 heavy (non-hydrogen) atoms. The van der Waals surface area contributed by atoms with E-state index in [9.17, 15) is 9.59 Å². The maximum Gasteiger partial charge on any atom is 0.252 e. The van der Waals surface area contributed by atoms with Crippen LogP contribution in [0.4, 0.5) is 0 Å². The number of H-pyrrole nitrogens is 1. The van der Waals surface area contributed by atoms with E-state index in [1.54, 1.807) is 11.4 Å². The lowest BCUT2D eigenvalue weighted by Gasteiger charge is -2.23. The lowest BCUT2D eigenvalue weighted by atomic mass is 10.2. The predicted molar refractivity (Wildman–Crippen MR) is 96.4 cm³/mol. The lowest BCUT2D eigenvalue weighted by Crippen LogP contribution is -2.40. The van der Waals surface area contributed by atoms with Gasteiger partial charge in [-0.3, -0.25) is 9.59 Å². The Morgan fingerprint density at radius 1 is 1.32 bits per heavy atom. The lowest BCUT2D eigenvalue weighted by molar-refractivity contribution is -0.131. The number of benzene rings is 1. The number of fused-ring (bicyclic) bond motifs is 1. The van der Waals surface area contributed by atoms with Gasteiger partial charge in [0.15, 0.2) is 0 Å². The number of para-hydroxylation sites is 2. The highest BCUT2D eigenvalue weighted by Crippen LogP contribution is 2.31. The Kier molecular flexibility index (Phi) is 4.23. The second-order valence-electron chi connectivity index (χ2n) is 6.08.